The Balaban J connectivity index is 1.23. The zero-order chi connectivity index (χ0) is 56.5. The number of ether oxygens (including phenoxy) is 2. The van der Waals surface area contributed by atoms with E-state index in [0.717, 1.165) is 77.6 Å². The lowest BCUT2D eigenvalue weighted by Gasteiger charge is -2.28. The third-order valence-corrected chi connectivity index (χ3v) is 17.6. The molecule has 10 heteroatoms. The number of fused-ring (bicyclic) bond motifs is 14. The van der Waals surface area contributed by atoms with Crippen molar-refractivity contribution in [1.82, 2.24) is 0 Å². The van der Waals surface area contributed by atoms with E-state index < -0.39 is 16.5 Å². The van der Waals surface area contributed by atoms with Crippen molar-refractivity contribution < 1.29 is 35.3 Å². The second-order valence-corrected chi connectivity index (χ2v) is 27.6. The molecule has 0 amide bonds. The van der Waals surface area contributed by atoms with Crippen molar-refractivity contribution >= 4 is 60.4 Å². The first-order valence-electron chi connectivity index (χ1n) is 27.8. The van der Waals surface area contributed by atoms with Gasteiger partial charge in [0.2, 0.25) is 0 Å². The van der Waals surface area contributed by atoms with Crippen molar-refractivity contribution in [2.75, 3.05) is 14.2 Å². The van der Waals surface area contributed by atoms with Gasteiger partial charge in [0.25, 0.3) is 0 Å². The minimum Gasteiger partial charge on any atom is -0.496 e. The van der Waals surface area contributed by atoms with Crippen LogP contribution in [0.2, 0.25) is 0 Å². The Morgan fingerprint density at radius 2 is 0.500 bits per heavy atom. The van der Waals surface area contributed by atoms with Crippen LogP contribution in [-0.2, 0) is 47.3 Å². The summed E-state index contributed by atoms with van der Waals surface area (Å²) >= 11 is 0. The van der Waals surface area contributed by atoms with Gasteiger partial charge in [-0.25, -0.2) is 0 Å². The Labute approximate surface area is 473 Å². The molecule has 0 spiro atoms. The topological polar surface area (TPSA) is 89.5 Å². The lowest BCUT2D eigenvalue weighted by Crippen LogP contribution is -2.17. The highest BCUT2D eigenvalue weighted by Crippen LogP contribution is 2.49. The van der Waals surface area contributed by atoms with E-state index in [1.165, 1.54) is 22.3 Å². The van der Waals surface area contributed by atoms with E-state index in [2.05, 4.69) is 156 Å². The molecule has 0 aliphatic heterocycles. The van der Waals surface area contributed by atoms with E-state index in [4.69, 9.17) is 35.3 Å². The fourth-order valence-corrected chi connectivity index (χ4v) is 13.3. The molecule has 11 rings (SSSR count). The Morgan fingerprint density at radius 3 is 0.700 bits per heavy atom. The molecular weight excluding hydrogens is 1030 g/mol. The molecule has 8 aromatic carbocycles. The molecule has 1 aliphatic rings. The van der Waals surface area contributed by atoms with Gasteiger partial charge >= 0.3 is 16.5 Å². The molecule has 0 fully saturated rings. The lowest BCUT2D eigenvalue weighted by molar-refractivity contribution is 0.404. The number of rotatable bonds is 6. The number of methoxy groups -OCH3 is 2. The Bertz CT molecular complexity index is 3620. The predicted molar refractivity (Wildman–Crippen MR) is 330 cm³/mol. The van der Waals surface area contributed by atoms with Gasteiger partial charge < -0.3 is 35.3 Å². The third-order valence-electron chi connectivity index (χ3n) is 15.5. The largest absolute Gasteiger partial charge is 0.496 e. The number of para-hydroxylation sites is 4. The van der Waals surface area contributed by atoms with E-state index in [1.807, 2.05) is 72.8 Å². The average Bonchev–Trinajstić information content (AvgIpc) is 3.67. The molecule has 2 heterocycles. The molecule has 2 aromatic heterocycles. The summed E-state index contributed by atoms with van der Waals surface area (Å²) in [5, 5.41) is 3.81. The average molecular weight is 1110 g/mol. The number of benzene rings is 8. The monoisotopic (exact) mass is 1100 g/mol. The Kier molecular flexibility index (Phi) is 14.4. The standard InChI is InChI=1S/C70H74O8P2/c1-67(2,3)51-35-43-31-47-39-53(69(7,8)9)41-49(65(47)77-79-73-59-27-19-15-23-55(59)56-24-16-20-28-60(56)74-79)33-45-37-52(68(4,5)6)38-46(64(45)72-14)34-50-42-54(70(10,11)12)40-48(32-44(36-51)63(43)71-13)66(50)78-80-75-61-29-21-17-25-57(61)58-26-18-22-30-62(58)76-80/h15-30,35-42H,31-34H2,1-14H3. The minimum atomic E-state index is -2.03. The van der Waals surface area contributed by atoms with Crippen LogP contribution in [0.25, 0.3) is 43.9 Å². The first-order valence-corrected chi connectivity index (χ1v) is 30.0. The summed E-state index contributed by atoms with van der Waals surface area (Å²) in [6, 6.07) is 51.0. The maximum Gasteiger partial charge on any atom is 0.453 e. The molecular formula is C70H74O8P2. The van der Waals surface area contributed by atoms with Crippen molar-refractivity contribution in [2.45, 2.75) is 130 Å². The van der Waals surface area contributed by atoms with Crippen LogP contribution >= 0.6 is 16.5 Å². The zero-order valence-corrected chi connectivity index (χ0v) is 50.6. The minimum absolute atomic E-state index is 0.228. The lowest BCUT2D eigenvalue weighted by atomic mass is 9.79. The number of hydrogen-bond donors (Lipinski definition) is 0. The van der Waals surface area contributed by atoms with Crippen molar-refractivity contribution in [2.24, 2.45) is 0 Å². The van der Waals surface area contributed by atoms with Crippen LogP contribution in [0.1, 0.15) is 150 Å². The quantitative estimate of drug-likeness (QED) is 0.163. The van der Waals surface area contributed by atoms with Gasteiger partial charge in [-0.1, -0.05) is 204 Å². The van der Waals surface area contributed by atoms with Crippen LogP contribution < -0.4 is 18.5 Å². The molecule has 0 unspecified atom stereocenters. The van der Waals surface area contributed by atoms with Gasteiger partial charge in [0, 0.05) is 69.5 Å². The van der Waals surface area contributed by atoms with Gasteiger partial charge in [-0.2, -0.15) is 0 Å². The summed E-state index contributed by atoms with van der Waals surface area (Å²) in [5.41, 5.74) is 14.7. The van der Waals surface area contributed by atoms with Crippen LogP contribution in [-0.4, -0.2) is 14.2 Å². The van der Waals surface area contributed by atoms with Gasteiger partial charge in [0.1, 0.15) is 45.3 Å². The van der Waals surface area contributed by atoms with Crippen molar-refractivity contribution in [3.05, 3.63) is 212 Å². The summed E-state index contributed by atoms with van der Waals surface area (Å²) in [6.07, 6.45) is 1.93. The smallest absolute Gasteiger partial charge is 0.453 e. The van der Waals surface area contributed by atoms with Crippen LogP contribution in [0.5, 0.6) is 23.0 Å². The van der Waals surface area contributed by atoms with Gasteiger partial charge in [-0.15, -0.1) is 0 Å². The molecule has 0 N–H and O–H groups in total. The van der Waals surface area contributed by atoms with Gasteiger partial charge in [-0.05, 0) is 90.4 Å². The van der Waals surface area contributed by atoms with Crippen LogP contribution in [0.3, 0.4) is 0 Å². The van der Waals surface area contributed by atoms with E-state index >= 15 is 0 Å². The maximum absolute atomic E-state index is 7.43. The summed E-state index contributed by atoms with van der Waals surface area (Å²) in [6.45, 7) is 27.3. The highest BCUT2D eigenvalue weighted by Gasteiger charge is 2.30. The second kappa shape index (κ2) is 21.0. The number of hydrogen-bond acceptors (Lipinski definition) is 8. The van der Waals surface area contributed by atoms with E-state index in [0.29, 0.717) is 59.5 Å². The highest BCUT2D eigenvalue weighted by molar-refractivity contribution is 7.32. The molecule has 0 saturated heterocycles. The first-order chi connectivity index (χ1) is 38.0. The Morgan fingerprint density at radius 1 is 0.300 bits per heavy atom. The second-order valence-electron chi connectivity index (χ2n) is 25.6. The highest BCUT2D eigenvalue weighted by atomic mass is 31.1. The van der Waals surface area contributed by atoms with Crippen LogP contribution in [0.4, 0.5) is 0 Å². The molecule has 0 atom stereocenters. The van der Waals surface area contributed by atoms with Gasteiger partial charge in [-0.3, -0.25) is 0 Å². The third kappa shape index (κ3) is 11.0. The molecule has 0 radical (unpaired) electrons. The SMILES string of the molecule is COc1c2cc(C(C)(C)C)cc1Cc1cc(C(C)(C)C)cc(c1Op1oc3ccccc3c3ccccc3o1)Cc1cc(C(C)(C)C)cc(c1OC)Cc1cc(C(C)(C)C)cc(c1Op1oc3ccccc3c3ccccc3o1)C2. The predicted octanol–water partition coefficient (Wildman–Crippen LogP) is 20.5. The molecule has 10 aromatic rings. The molecule has 1 aliphatic carbocycles. The molecule has 8 nitrogen and oxygen atoms in total. The van der Waals surface area contributed by atoms with Crippen LogP contribution in [0, 0.1) is 0 Å². The zero-order valence-electron chi connectivity index (χ0n) is 48.8. The normalized spacial score (nSPS) is 13.2. The maximum atomic E-state index is 7.43. The van der Waals surface area contributed by atoms with E-state index in [9.17, 15) is 0 Å². The molecule has 0 saturated carbocycles. The van der Waals surface area contributed by atoms with Crippen molar-refractivity contribution in [3.63, 3.8) is 0 Å². The fraction of sp³-hybridized carbons (Fsp3) is 0.314. The summed E-state index contributed by atoms with van der Waals surface area (Å²) < 4.78 is 55.8. The van der Waals surface area contributed by atoms with Gasteiger partial charge in [0.05, 0.1) is 14.2 Å². The summed E-state index contributed by atoms with van der Waals surface area (Å²) in [4.78, 5) is 0. The molecule has 412 valence electrons. The van der Waals surface area contributed by atoms with Crippen molar-refractivity contribution in [3.8, 4) is 23.0 Å². The van der Waals surface area contributed by atoms with Gasteiger partial charge in [0.15, 0.2) is 0 Å². The first kappa shape index (κ1) is 54.7. The molecule has 80 heavy (non-hydrogen) atoms. The molecule has 8 bridgehead atoms. The fourth-order valence-electron chi connectivity index (χ4n) is 11.0. The summed E-state index contributed by atoms with van der Waals surface area (Å²) in [5.74, 6) is 3.04. The van der Waals surface area contributed by atoms with Crippen molar-refractivity contribution in [1.29, 1.82) is 0 Å². The van der Waals surface area contributed by atoms with E-state index in [1.54, 1.807) is 14.2 Å². The Hall–Kier alpha value is -7.24. The van der Waals surface area contributed by atoms with E-state index in [-0.39, 0.29) is 21.7 Å². The summed E-state index contributed by atoms with van der Waals surface area (Å²) in [7, 11) is -0.473. The van der Waals surface area contributed by atoms with Crippen LogP contribution in [0.15, 0.2) is 162 Å².